The zero-order valence-corrected chi connectivity index (χ0v) is 14.7. The molecule has 0 amide bonds. The summed E-state index contributed by atoms with van der Waals surface area (Å²) in [6.45, 7) is 9.16. The Labute approximate surface area is 150 Å². The normalized spacial score (nSPS) is 24.2. The van der Waals surface area contributed by atoms with E-state index in [0.29, 0.717) is 28.6 Å². The van der Waals surface area contributed by atoms with Crippen LogP contribution in [0.1, 0.15) is 17.5 Å². The molecular weight excluding hydrogens is 352 g/mol. The van der Waals surface area contributed by atoms with E-state index < -0.39 is 24.6 Å². The summed E-state index contributed by atoms with van der Waals surface area (Å²) >= 11 is 6.25. The second kappa shape index (κ2) is 6.87. The Hall–Kier alpha value is -1.75. The number of benzene rings is 1. The van der Waals surface area contributed by atoms with E-state index in [0.717, 1.165) is 5.56 Å². The number of ether oxygens (including phenoxy) is 2. The fraction of sp³-hybridized carbons (Fsp3) is 0.529. The molecule has 2 atom stereocenters. The number of methoxy groups -OCH3 is 1. The second-order valence-electron chi connectivity index (χ2n) is 6.18. The maximum absolute atomic E-state index is 13.8. The van der Waals surface area contributed by atoms with Crippen molar-refractivity contribution in [1.82, 2.24) is 5.01 Å². The zero-order valence-electron chi connectivity index (χ0n) is 13.9. The largest absolute Gasteiger partial charge is 0.382 e. The summed E-state index contributed by atoms with van der Waals surface area (Å²) in [5.74, 6) is -2.77. The average molecular weight is 370 g/mol. The van der Waals surface area contributed by atoms with E-state index in [4.69, 9.17) is 27.6 Å². The summed E-state index contributed by atoms with van der Waals surface area (Å²) in [5.41, 5.74) is 2.35. The molecule has 25 heavy (non-hydrogen) atoms. The van der Waals surface area contributed by atoms with Gasteiger partial charge in [0.05, 0.1) is 36.6 Å². The summed E-state index contributed by atoms with van der Waals surface area (Å²) in [4.78, 5) is 3.38. The molecule has 8 heteroatoms. The Morgan fingerprint density at radius 2 is 2.20 bits per heavy atom. The first kappa shape index (κ1) is 18.1. The molecule has 0 aliphatic carbocycles. The molecule has 1 aromatic carbocycles. The van der Waals surface area contributed by atoms with Gasteiger partial charge in [0.1, 0.15) is 12.6 Å². The van der Waals surface area contributed by atoms with Crippen molar-refractivity contribution in [2.75, 3.05) is 26.9 Å². The van der Waals surface area contributed by atoms with Gasteiger partial charge in [0, 0.05) is 19.1 Å². The fourth-order valence-corrected chi connectivity index (χ4v) is 3.48. The first-order valence-corrected chi connectivity index (χ1v) is 8.26. The zero-order chi connectivity index (χ0) is 18.2. The Morgan fingerprint density at radius 1 is 1.44 bits per heavy atom. The van der Waals surface area contributed by atoms with Crippen LogP contribution in [0, 0.1) is 13.5 Å². The molecular formula is C17H18ClF2N3O2. The van der Waals surface area contributed by atoms with Crippen molar-refractivity contribution in [2.45, 2.75) is 31.4 Å². The molecule has 0 saturated carbocycles. The molecule has 1 saturated heterocycles. The average Bonchev–Trinajstić information content (AvgIpc) is 3.03. The van der Waals surface area contributed by atoms with Crippen LogP contribution in [0.2, 0.25) is 5.02 Å². The SMILES string of the molecule is [C-]#[N+]c1ccc(C2=NN3CC(F)(F)C[C@H]3[C@@H]2OCCOC)c(C)c1Cl. The van der Waals surface area contributed by atoms with Crippen LogP contribution in [0.3, 0.4) is 0 Å². The van der Waals surface area contributed by atoms with E-state index in [-0.39, 0.29) is 13.0 Å². The van der Waals surface area contributed by atoms with Crippen LogP contribution in [0.4, 0.5) is 14.5 Å². The van der Waals surface area contributed by atoms with Crippen molar-refractivity contribution in [3.05, 3.63) is 39.7 Å². The van der Waals surface area contributed by atoms with Crippen molar-refractivity contribution in [3.8, 4) is 0 Å². The molecule has 0 aromatic heterocycles. The molecule has 1 aromatic rings. The third-order valence-corrected chi connectivity index (χ3v) is 4.96. The van der Waals surface area contributed by atoms with Gasteiger partial charge >= 0.3 is 0 Å². The van der Waals surface area contributed by atoms with Crippen LogP contribution in [-0.2, 0) is 9.47 Å². The lowest BCUT2D eigenvalue weighted by Gasteiger charge is -2.22. The number of hydrogen-bond acceptors (Lipinski definition) is 4. The Morgan fingerprint density at radius 3 is 2.88 bits per heavy atom. The van der Waals surface area contributed by atoms with Crippen molar-refractivity contribution >= 4 is 23.0 Å². The Balaban J connectivity index is 1.96. The van der Waals surface area contributed by atoms with E-state index in [2.05, 4.69) is 9.95 Å². The summed E-state index contributed by atoms with van der Waals surface area (Å²) < 4.78 is 38.3. The lowest BCUT2D eigenvalue weighted by atomic mass is 9.95. The van der Waals surface area contributed by atoms with Crippen LogP contribution in [0.15, 0.2) is 17.2 Å². The van der Waals surface area contributed by atoms with E-state index in [1.165, 1.54) is 5.01 Å². The van der Waals surface area contributed by atoms with Gasteiger partial charge in [-0.1, -0.05) is 23.7 Å². The van der Waals surface area contributed by atoms with Gasteiger partial charge in [-0.3, -0.25) is 5.01 Å². The van der Waals surface area contributed by atoms with Gasteiger partial charge in [0.25, 0.3) is 5.92 Å². The number of fused-ring (bicyclic) bond motifs is 1. The van der Waals surface area contributed by atoms with Crippen molar-refractivity contribution in [2.24, 2.45) is 5.10 Å². The van der Waals surface area contributed by atoms with Gasteiger partial charge in [-0.15, -0.1) is 0 Å². The lowest BCUT2D eigenvalue weighted by molar-refractivity contribution is 0.00509. The number of halogens is 3. The summed E-state index contributed by atoms with van der Waals surface area (Å²) in [6, 6.07) is 2.85. The van der Waals surface area contributed by atoms with Gasteiger partial charge in [-0.2, -0.15) is 5.10 Å². The predicted octanol–water partition coefficient (Wildman–Crippen LogP) is 3.66. The Kier molecular flexibility index (Phi) is 4.96. The first-order valence-electron chi connectivity index (χ1n) is 7.88. The standard InChI is InChI=1S/C17H18ClF2N3O2/c1-10-11(4-5-12(21-2)14(10)18)15-16(25-7-6-24-3)13-8-17(19,20)9-23(13)22-15/h4-5,13,16H,6-9H2,1,3H3/t13-,16-/m0/s1. The molecule has 5 nitrogen and oxygen atoms in total. The van der Waals surface area contributed by atoms with E-state index >= 15 is 0 Å². The first-order chi connectivity index (χ1) is 11.9. The summed E-state index contributed by atoms with van der Waals surface area (Å²) in [6.07, 6.45) is -0.887. The van der Waals surface area contributed by atoms with Crippen LogP contribution < -0.4 is 0 Å². The van der Waals surface area contributed by atoms with Gasteiger partial charge in [0.15, 0.2) is 0 Å². The van der Waals surface area contributed by atoms with E-state index in [1.54, 1.807) is 26.2 Å². The summed E-state index contributed by atoms with van der Waals surface area (Å²) in [7, 11) is 1.55. The van der Waals surface area contributed by atoms with Crippen molar-refractivity contribution in [3.63, 3.8) is 0 Å². The minimum Gasteiger partial charge on any atom is -0.382 e. The number of hydrogen-bond donors (Lipinski definition) is 0. The van der Waals surface area contributed by atoms with Gasteiger partial charge in [-0.25, -0.2) is 13.6 Å². The van der Waals surface area contributed by atoms with Crippen molar-refractivity contribution < 1.29 is 18.3 Å². The molecule has 0 unspecified atom stereocenters. The molecule has 1 fully saturated rings. The topological polar surface area (TPSA) is 38.4 Å². The minimum atomic E-state index is -2.77. The van der Waals surface area contributed by atoms with E-state index in [9.17, 15) is 8.78 Å². The smallest absolute Gasteiger partial charge is 0.269 e. The lowest BCUT2D eigenvalue weighted by Crippen LogP contribution is -2.37. The minimum absolute atomic E-state index is 0.281. The molecule has 2 aliphatic rings. The molecule has 0 bridgehead atoms. The highest BCUT2D eigenvalue weighted by atomic mass is 35.5. The van der Waals surface area contributed by atoms with Crippen LogP contribution in [0.5, 0.6) is 0 Å². The van der Waals surface area contributed by atoms with Crippen LogP contribution in [0.25, 0.3) is 4.85 Å². The molecule has 0 N–H and O–H groups in total. The maximum Gasteiger partial charge on any atom is 0.269 e. The fourth-order valence-electron chi connectivity index (χ4n) is 3.27. The molecule has 3 rings (SSSR count). The van der Waals surface area contributed by atoms with Gasteiger partial charge in [-0.05, 0) is 12.5 Å². The molecule has 2 heterocycles. The second-order valence-corrected chi connectivity index (χ2v) is 6.56. The molecule has 2 aliphatic heterocycles. The van der Waals surface area contributed by atoms with Crippen molar-refractivity contribution in [1.29, 1.82) is 0 Å². The van der Waals surface area contributed by atoms with E-state index in [1.807, 2.05) is 0 Å². The Bertz CT molecular complexity index is 748. The van der Waals surface area contributed by atoms with Gasteiger partial charge < -0.3 is 9.47 Å². The number of hydrazone groups is 1. The summed E-state index contributed by atoms with van der Waals surface area (Å²) in [5, 5.41) is 6.16. The number of rotatable bonds is 5. The van der Waals surface area contributed by atoms with Gasteiger partial charge in [0.2, 0.25) is 5.69 Å². The molecule has 0 spiro atoms. The molecule has 134 valence electrons. The maximum atomic E-state index is 13.8. The quantitative estimate of drug-likeness (QED) is 0.587. The van der Waals surface area contributed by atoms with Crippen LogP contribution in [-0.4, -0.2) is 55.7 Å². The molecule has 0 radical (unpaired) electrons. The van der Waals surface area contributed by atoms with Crippen LogP contribution >= 0.6 is 11.6 Å². The number of nitrogens with zero attached hydrogens (tertiary/aromatic N) is 3. The number of alkyl halides is 2. The highest BCUT2D eigenvalue weighted by Gasteiger charge is 2.53. The third-order valence-electron chi connectivity index (χ3n) is 4.49. The third kappa shape index (κ3) is 3.34. The highest BCUT2D eigenvalue weighted by Crippen LogP contribution is 2.40. The predicted molar refractivity (Wildman–Crippen MR) is 90.7 cm³/mol. The monoisotopic (exact) mass is 369 g/mol. The highest BCUT2D eigenvalue weighted by molar-refractivity contribution is 6.34.